The van der Waals surface area contributed by atoms with E-state index in [1.807, 2.05) is 0 Å². The van der Waals surface area contributed by atoms with Crippen LogP contribution in [0, 0.1) is 0 Å². The van der Waals surface area contributed by atoms with Gasteiger partial charge in [-0.2, -0.15) is 0 Å². The first-order valence-electron chi connectivity index (χ1n) is 10.4. The largest absolute Gasteiger partial charge is 0.462 e. The zero-order valence-electron chi connectivity index (χ0n) is 18.2. The Bertz CT molecular complexity index is 1070. The summed E-state index contributed by atoms with van der Waals surface area (Å²) < 4.78 is 29.2. The van der Waals surface area contributed by atoms with Gasteiger partial charge in [0, 0.05) is 29.6 Å². The first-order valence-corrected chi connectivity index (χ1v) is 12.8. The Hall–Kier alpha value is -2.23. The van der Waals surface area contributed by atoms with Crippen LogP contribution in [-0.4, -0.2) is 50.1 Å². The number of thiophene rings is 1. The smallest absolute Gasteiger partial charge is 0.341 e. The number of carbonyl (C=O) groups excluding carboxylic acids is 2. The first kappa shape index (κ1) is 23.4. The van der Waals surface area contributed by atoms with Gasteiger partial charge in [0.05, 0.1) is 22.8 Å². The lowest BCUT2D eigenvalue weighted by Crippen LogP contribution is -2.35. The molecule has 0 radical (unpaired) electrons. The Kier molecular flexibility index (Phi) is 7.18. The fourth-order valence-corrected chi connectivity index (χ4v) is 5.67. The number of hydrogen-bond acceptors (Lipinski definition) is 7. The third kappa shape index (κ3) is 4.99. The molecule has 1 aromatic heterocycles. The maximum atomic E-state index is 12.8. The molecule has 0 saturated carbocycles. The molecule has 1 aliphatic heterocycles. The van der Waals surface area contributed by atoms with Gasteiger partial charge in [0.2, 0.25) is 0 Å². The molecule has 1 N–H and O–H groups in total. The van der Waals surface area contributed by atoms with E-state index in [-0.39, 0.29) is 17.3 Å². The molecule has 0 aliphatic carbocycles. The number of nitrogens with one attached hydrogen (secondary N) is 1. The van der Waals surface area contributed by atoms with Crippen LogP contribution in [0.3, 0.4) is 0 Å². The molecule has 0 spiro atoms. The summed E-state index contributed by atoms with van der Waals surface area (Å²) in [5.74, 6) is -0.835. The number of esters is 1. The maximum absolute atomic E-state index is 12.8. The van der Waals surface area contributed by atoms with E-state index in [1.54, 1.807) is 13.8 Å². The van der Waals surface area contributed by atoms with E-state index >= 15 is 0 Å². The van der Waals surface area contributed by atoms with Crippen LogP contribution < -0.4 is 5.32 Å². The van der Waals surface area contributed by atoms with Gasteiger partial charge in [-0.25, -0.2) is 13.2 Å². The quantitative estimate of drug-likeness (QED) is 0.628. The second-order valence-electron chi connectivity index (χ2n) is 7.62. The van der Waals surface area contributed by atoms with Crippen molar-refractivity contribution in [2.24, 2.45) is 0 Å². The van der Waals surface area contributed by atoms with Gasteiger partial charge in [-0.3, -0.25) is 9.69 Å². The number of sulfone groups is 1. The highest BCUT2D eigenvalue weighted by Gasteiger charge is 2.30. The number of benzene rings is 1. The highest BCUT2D eigenvalue weighted by atomic mass is 32.2. The highest BCUT2D eigenvalue weighted by Crippen LogP contribution is 2.38. The van der Waals surface area contributed by atoms with Gasteiger partial charge in [-0.05, 0) is 57.0 Å². The molecule has 1 aliphatic rings. The monoisotopic (exact) mass is 464 g/mol. The summed E-state index contributed by atoms with van der Waals surface area (Å²) in [6.07, 6.45) is 0.720. The molecule has 168 valence electrons. The fourth-order valence-electron chi connectivity index (χ4n) is 3.53. The lowest BCUT2D eigenvalue weighted by molar-refractivity contribution is 0.0526. The predicted molar refractivity (Wildman–Crippen MR) is 122 cm³/mol. The van der Waals surface area contributed by atoms with Gasteiger partial charge in [0.15, 0.2) is 9.84 Å². The molecule has 0 unspecified atom stereocenters. The van der Waals surface area contributed by atoms with Crippen molar-refractivity contribution in [3.8, 4) is 0 Å². The molecule has 3 rings (SSSR count). The van der Waals surface area contributed by atoms with Gasteiger partial charge in [0.25, 0.3) is 5.91 Å². The third-order valence-corrected chi connectivity index (χ3v) is 8.26. The lowest BCUT2D eigenvalue weighted by Gasteiger charge is -2.30. The van der Waals surface area contributed by atoms with Crippen molar-refractivity contribution < 1.29 is 22.7 Å². The molecule has 1 amide bonds. The molecule has 0 fully saturated rings. The molecule has 2 heterocycles. The summed E-state index contributed by atoms with van der Waals surface area (Å²) in [6.45, 7) is 9.42. The Morgan fingerprint density at radius 1 is 1.19 bits per heavy atom. The summed E-state index contributed by atoms with van der Waals surface area (Å²) in [5, 5.41) is 3.33. The van der Waals surface area contributed by atoms with Crippen LogP contribution in [0.4, 0.5) is 5.00 Å². The molecular formula is C22H28N2O5S2. The molecule has 0 saturated heterocycles. The second-order valence-corrected chi connectivity index (χ2v) is 11.0. The number of carbonyl (C=O) groups is 2. The van der Waals surface area contributed by atoms with E-state index < -0.39 is 21.7 Å². The Labute approximate surface area is 187 Å². The second kappa shape index (κ2) is 9.50. The molecule has 7 nitrogen and oxygen atoms in total. The van der Waals surface area contributed by atoms with Crippen molar-refractivity contribution in [2.45, 2.75) is 51.6 Å². The van der Waals surface area contributed by atoms with Crippen LogP contribution in [0.2, 0.25) is 0 Å². The van der Waals surface area contributed by atoms with E-state index in [4.69, 9.17) is 4.74 Å². The minimum atomic E-state index is -3.33. The number of ether oxygens (including phenoxy) is 1. The molecular weight excluding hydrogens is 436 g/mol. The normalized spacial score (nSPS) is 14.4. The van der Waals surface area contributed by atoms with Gasteiger partial charge in [-0.1, -0.05) is 6.92 Å². The summed E-state index contributed by atoms with van der Waals surface area (Å²) in [5.41, 5.74) is 1.70. The van der Waals surface area contributed by atoms with Gasteiger partial charge < -0.3 is 10.1 Å². The Balaban J connectivity index is 1.90. The Morgan fingerprint density at radius 3 is 2.45 bits per heavy atom. The van der Waals surface area contributed by atoms with Crippen LogP contribution in [0.25, 0.3) is 0 Å². The van der Waals surface area contributed by atoms with Crippen molar-refractivity contribution in [1.82, 2.24) is 4.90 Å². The topological polar surface area (TPSA) is 92.8 Å². The molecule has 0 atom stereocenters. The summed E-state index contributed by atoms with van der Waals surface area (Å²) in [6, 6.07) is 6.21. The molecule has 31 heavy (non-hydrogen) atoms. The van der Waals surface area contributed by atoms with Crippen LogP contribution in [-0.2, 0) is 27.5 Å². The highest BCUT2D eigenvalue weighted by molar-refractivity contribution is 7.91. The Morgan fingerprint density at radius 2 is 1.87 bits per heavy atom. The maximum Gasteiger partial charge on any atom is 0.341 e. The zero-order chi connectivity index (χ0) is 22.8. The number of nitrogens with zero attached hydrogens (tertiary/aromatic N) is 1. The van der Waals surface area contributed by atoms with Gasteiger partial charge >= 0.3 is 5.97 Å². The van der Waals surface area contributed by atoms with Crippen molar-refractivity contribution in [3.63, 3.8) is 0 Å². The number of anilines is 1. The summed E-state index contributed by atoms with van der Waals surface area (Å²) >= 11 is 1.40. The number of amides is 1. The number of fused-ring (bicyclic) bond motifs is 1. The van der Waals surface area contributed by atoms with E-state index in [0.717, 1.165) is 30.0 Å². The SMILES string of the molecule is CCOC(=O)c1c(NC(=O)c2ccc(S(=O)(=O)CC)cc2)sc2c1CCN(C(C)C)C2. The van der Waals surface area contributed by atoms with Crippen molar-refractivity contribution in [3.05, 3.63) is 45.8 Å². The average molecular weight is 465 g/mol. The van der Waals surface area contributed by atoms with E-state index in [1.165, 1.54) is 35.6 Å². The number of hydrogen-bond donors (Lipinski definition) is 1. The molecule has 1 aromatic carbocycles. The van der Waals surface area contributed by atoms with Gasteiger partial charge in [-0.15, -0.1) is 11.3 Å². The van der Waals surface area contributed by atoms with Crippen LogP contribution in [0.1, 0.15) is 58.9 Å². The summed E-state index contributed by atoms with van der Waals surface area (Å²) in [4.78, 5) is 29.1. The van der Waals surface area contributed by atoms with Crippen LogP contribution >= 0.6 is 11.3 Å². The van der Waals surface area contributed by atoms with Crippen LogP contribution in [0.5, 0.6) is 0 Å². The minimum Gasteiger partial charge on any atom is -0.462 e. The standard InChI is InChI=1S/C22H28N2O5S2/c1-5-29-22(26)19-17-11-12-24(14(3)4)13-18(17)30-21(19)23-20(25)15-7-9-16(10-8-15)31(27,28)6-2/h7-10,14H,5-6,11-13H2,1-4H3,(H,23,25). The van der Waals surface area contributed by atoms with Crippen LogP contribution in [0.15, 0.2) is 29.2 Å². The van der Waals surface area contributed by atoms with Gasteiger partial charge in [0.1, 0.15) is 5.00 Å². The van der Waals surface area contributed by atoms with Crippen molar-refractivity contribution in [2.75, 3.05) is 24.2 Å². The first-order chi connectivity index (χ1) is 14.7. The zero-order valence-corrected chi connectivity index (χ0v) is 19.9. The molecule has 9 heteroatoms. The fraction of sp³-hybridized carbons (Fsp3) is 0.455. The van der Waals surface area contributed by atoms with E-state index in [0.29, 0.717) is 22.2 Å². The molecule has 0 bridgehead atoms. The number of rotatable bonds is 7. The van der Waals surface area contributed by atoms with Crippen molar-refractivity contribution in [1.29, 1.82) is 0 Å². The lowest BCUT2D eigenvalue weighted by atomic mass is 10.0. The van der Waals surface area contributed by atoms with Crippen molar-refractivity contribution >= 4 is 38.1 Å². The van der Waals surface area contributed by atoms with E-state index in [9.17, 15) is 18.0 Å². The summed E-state index contributed by atoms with van der Waals surface area (Å²) in [7, 11) is -3.33. The average Bonchev–Trinajstić information content (AvgIpc) is 3.10. The minimum absolute atomic E-state index is 0.00438. The predicted octanol–water partition coefficient (Wildman–Crippen LogP) is 3.74. The molecule has 2 aromatic rings. The van der Waals surface area contributed by atoms with E-state index in [2.05, 4.69) is 24.1 Å². The third-order valence-electron chi connectivity index (χ3n) is 5.38.